The summed E-state index contributed by atoms with van der Waals surface area (Å²) in [6.07, 6.45) is 2.96. The second kappa shape index (κ2) is 7.03. The van der Waals surface area contributed by atoms with Gasteiger partial charge in [0.05, 0.1) is 29.0 Å². The van der Waals surface area contributed by atoms with Gasteiger partial charge in [0, 0.05) is 0 Å². The van der Waals surface area contributed by atoms with E-state index in [2.05, 4.69) is 30.2 Å². The second-order valence-electron chi connectivity index (χ2n) is 6.80. The monoisotopic (exact) mass is 401 g/mol. The summed E-state index contributed by atoms with van der Waals surface area (Å²) >= 11 is 0. The van der Waals surface area contributed by atoms with Crippen LogP contribution in [0.1, 0.15) is 18.8 Å². The van der Waals surface area contributed by atoms with Crippen molar-refractivity contribution in [2.45, 2.75) is 13.0 Å². The van der Waals surface area contributed by atoms with E-state index in [-0.39, 0.29) is 10.9 Å². The highest BCUT2D eigenvalue weighted by Crippen LogP contribution is 2.23. The SMILES string of the molecule is CC(Nc1ncnc2nc[nH]c12)c1nc2ccc(F)cc2c(=O)n1-c1ccccc1. The number of halogens is 1. The number of nitrogens with zero attached hydrogens (tertiary/aromatic N) is 5. The van der Waals surface area contributed by atoms with Gasteiger partial charge in [0.15, 0.2) is 11.5 Å². The molecule has 0 amide bonds. The van der Waals surface area contributed by atoms with E-state index in [1.54, 1.807) is 0 Å². The average Bonchev–Trinajstić information content (AvgIpc) is 3.24. The van der Waals surface area contributed by atoms with Crippen LogP contribution in [0, 0.1) is 5.82 Å². The third-order valence-electron chi connectivity index (χ3n) is 4.83. The lowest BCUT2D eigenvalue weighted by molar-refractivity contribution is 0.629. The zero-order valence-electron chi connectivity index (χ0n) is 15.9. The zero-order valence-corrected chi connectivity index (χ0v) is 15.9. The minimum atomic E-state index is -0.484. The number of hydrogen-bond donors (Lipinski definition) is 2. The molecule has 0 saturated heterocycles. The molecule has 0 radical (unpaired) electrons. The Labute approximate surface area is 169 Å². The van der Waals surface area contributed by atoms with Crippen molar-refractivity contribution in [3.63, 3.8) is 0 Å². The van der Waals surface area contributed by atoms with E-state index in [0.29, 0.717) is 34.0 Å². The van der Waals surface area contributed by atoms with Crippen molar-refractivity contribution in [1.82, 2.24) is 29.5 Å². The Morgan fingerprint density at radius 2 is 1.93 bits per heavy atom. The van der Waals surface area contributed by atoms with E-state index in [1.807, 2.05) is 37.3 Å². The predicted octanol–water partition coefficient (Wildman–Crippen LogP) is 3.36. The van der Waals surface area contributed by atoms with E-state index < -0.39 is 11.9 Å². The van der Waals surface area contributed by atoms with Gasteiger partial charge < -0.3 is 10.3 Å². The Balaban J connectivity index is 1.70. The third-order valence-corrected chi connectivity index (χ3v) is 4.83. The number of aromatic amines is 1. The minimum Gasteiger partial charge on any atom is -0.358 e. The molecule has 0 aliphatic carbocycles. The highest BCUT2D eigenvalue weighted by atomic mass is 19.1. The maximum atomic E-state index is 13.8. The van der Waals surface area contributed by atoms with Crippen molar-refractivity contribution in [1.29, 1.82) is 0 Å². The first kappa shape index (κ1) is 17.9. The number of hydrogen-bond acceptors (Lipinski definition) is 6. The number of H-pyrrole nitrogens is 1. The smallest absolute Gasteiger partial charge is 0.266 e. The highest BCUT2D eigenvalue weighted by Gasteiger charge is 2.20. The van der Waals surface area contributed by atoms with Gasteiger partial charge in [0.25, 0.3) is 5.56 Å². The van der Waals surface area contributed by atoms with Gasteiger partial charge in [-0.1, -0.05) is 18.2 Å². The molecule has 0 bridgehead atoms. The molecule has 0 aliphatic rings. The Bertz CT molecular complexity index is 1430. The fraction of sp³-hybridized carbons (Fsp3) is 0.0952. The highest BCUT2D eigenvalue weighted by molar-refractivity contribution is 5.82. The summed E-state index contributed by atoms with van der Waals surface area (Å²) in [6, 6.07) is 12.7. The number of imidazole rings is 1. The molecular formula is C21H16FN7O. The van der Waals surface area contributed by atoms with E-state index in [9.17, 15) is 9.18 Å². The number of para-hydroxylation sites is 1. The molecule has 0 aliphatic heterocycles. The normalized spacial score (nSPS) is 12.3. The molecule has 148 valence electrons. The van der Waals surface area contributed by atoms with E-state index in [0.717, 1.165) is 0 Å². The van der Waals surface area contributed by atoms with Crippen LogP contribution < -0.4 is 10.9 Å². The molecule has 3 heterocycles. The molecular weight excluding hydrogens is 385 g/mol. The van der Waals surface area contributed by atoms with Gasteiger partial charge >= 0.3 is 0 Å². The van der Waals surface area contributed by atoms with E-state index in [4.69, 9.17) is 0 Å². The van der Waals surface area contributed by atoms with Crippen LogP contribution in [0.5, 0.6) is 0 Å². The second-order valence-corrected chi connectivity index (χ2v) is 6.80. The summed E-state index contributed by atoms with van der Waals surface area (Å²) in [6.45, 7) is 1.88. The van der Waals surface area contributed by atoms with Gasteiger partial charge in [-0.25, -0.2) is 24.3 Å². The third kappa shape index (κ3) is 2.96. The van der Waals surface area contributed by atoms with Crippen molar-refractivity contribution in [2.24, 2.45) is 0 Å². The lowest BCUT2D eigenvalue weighted by atomic mass is 10.2. The summed E-state index contributed by atoms with van der Waals surface area (Å²) in [4.78, 5) is 33.5. The van der Waals surface area contributed by atoms with Crippen LogP contribution in [0.3, 0.4) is 0 Å². The predicted molar refractivity (Wildman–Crippen MR) is 111 cm³/mol. The van der Waals surface area contributed by atoms with Crippen LogP contribution in [0.2, 0.25) is 0 Å². The number of nitrogens with one attached hydrogen (secondary N) is 2. The van der Waals surface area contributed by atoms with Gasteiger partial charge in [0.1, 0.15) is 23.5 Å². The van der Waals surface area contributed by atoms with Gasteiger partial charge in [-0.3, -0.25) is 9.36 Å². The molecule has 3 aromatic heterocycles. The molecule has 8 nitrogen and oxygen atoms in total. The van der Waals surface area contributed by atoms with E-state index >= 15 is 0 Å². The number of fused-ring (bicyclic) bond motifs is 2. The molecule has 2 aromatic carbocycles. The van der Waals surface area contributed by atoms with Crippen molar-refractivity contribution in [2.75, 3.05) is 5.32 Å². The Hall–Kier alpha value is -4.14. The van der Waals surface area contributed by atoms with Crippen molar-refractivity contribution >= 4 is 27.9 Å². The van der Waals surface area contributed by atoms with Crippen LogP contribution >= 0.6 is 0 Å². The molecule has 0 saturated carbocycles. The summed E-state index contributed by atoms with van der Waals surface area (Å²) < 4.78 is 15.3. The van der Waals surface area contributed by atoms with E-state index in [1.165, 1.54) is 35.4 Å². The van der Waals surface area contributed by atoms with Gasteiger partial charge in [-0.05, 0) is 37.3 Å². The number of anilines is 1. The van der Waals surface area contributed by atoms with Gasteiger partial charge in [-0.15, -0.1) is 0 Å². The summed E-state index contributed by atoms with van der Waals surface area (Å²) in [5, 5.41) is 3.50. The first-order valence-corrected chi connectivity index (χ1v) is 9.30. The molecule has 2 N–H and O–H groups in total. The number of rotatable bonds is 4. The largest absolute Gasteiger partial charge is 0.358 e. The maximum absolute atomic E-state index is 13.8. The topological polar surface area (TPSA) is 101 Å². The van der Waals surface area contributed by atoms with Crippen molar-refractivity contribution in [3.8, 4) is 5.69 Å². The molecule has 0 spiro atoms. The van der Waals surface area contributed by atoms with Crippen molar-refractivity contribution < 1.29 is 4.39 Å². The Morgan fingerprint density at radius 3 is 2.77 bits per heavy atom. The summed E-state index contributed by atoms with van der Waals surface area (Å²) in [5.41, 5.74) is 1.90. The quantitative estimate of drug-likeness (QED) is 0.479. The van der Waals surface area contributed by atoms with Crippen LogP contribution in [0.15, 0.2) is 66.0 Å². The fourth-order valence-electron chi connectivity index (χ4n) is 3.44. The lowest BCUT2D eigenvalue weighted by Gasteiger charge is -2.20. The minimum absolute atomic E-state index is 0.216. The zero-order chi connectivity index (χ0) is 20.7. The van der Waals surface area contributed by atoms with Crippen LogP contribution in [0.4, 0.5) is 10.2 Å². The first-order chi connectivity index (χ1) is 14.6. The van der Waals surface area contributed by atoms with Crippen LogP contribution in [-0.2, 0) is 0 Å². The standard InChI is InChI=1S/C21H16FN7O/c1-12(27-19-17-18(24-10-23-17)25-11-26-19)20-28-16-8-7-13(22)9-15(16)21(30)29(20)14-5-3-2-4-6-14/h2-12H,1H3,(H2,23,24,25,26,27). The molecule has 1 atom stereocenters. The van der Waals surface area contributed by atoms with Gasteiger partial charge in [-0.2, -0.15) is 0 Å². The molecule has 30 heavy (non-hydrogen) atoms. The Morgan fingerprint density at radius 1 is 1.10 bits per heavy atom. The Kier molecular flexibility index (Phi) is 4.20. The number of aromatic nitrogens is 6. The van der Waals surface area contributed by atoms with Crippen molar-refractivity contribution in [3.05, 3.63) is 83.2 Å². The summed E-state index contributed by atoms with van der Waals surface area (Å²) in [5.74, 6) is 0.525. The number of benzene rings is 2. The average molecular weight is 401 g/mol. The molecule has 9 heteroatoms. The molecule has 1 unspecified atom stereocenters. The van der Waals surface area contributed by atoms with Crippen LogP contribution in [-0.4, -0.2) is 29.5 Å². The molecule has 0 fully saturated rings. The summed E-state index contributed by atoms with van der Waals surface area (Å²) in [7, 11) is 0. The maximum Gasteiger partial charge on any atom is 0.266 e. The molecule has 5 aromatic rings. The fourth-order valence-corrected chi connectivity index (χ4v) is 3.44. The van der Waals surface area contributed by atoms with Gasteiger partial charge in [0.2, 0.25) is 0 Å². The first-order valence-electron chi connectivity index (χ1n) is 9.30. The molecule has 5 rings (SSSR count). The van der Waals surface area contributed by atoms with Crippen LogP contribution in [0.25, 0.3) is 27.8 Å². The lowest BCUT2D eigenvalue weighted by Crippen LogP contribution is -2.27.